The van der Waals surface area contributed by atoms with Crippen LogP contribution in [0.2, 0.25) is 5.15 Å². The highest BCUT2D eigenvalue weighted by Crippen LogP contribution is 2.36. The van der Waals surface area contributed by atoms with Crippen molar-refractivity contribution < 1.29 is 19.0 Å². The molecule has 142 valence electrons. The number of amides is 1. The number of anilines is 1. The zero-order valence-electron chi connectivity index (χ0n) is 14.7. The summed E-state index contributed by atoms with van der Waals surface area (Å²) in [5, 5.41) is 0.284. The Morgan fingerprint density at radius 3 is 2.82 bits per heavy atom. The molecule has 7 nitrogen and oxygen atoms in total. The van der Waals surface area contributed by atoms with Crippen molar-refractivity contribution in [2.45, 2.75) is 6.61 Å². The van der Waals surface area contributed by atoms with E-state index >= 15 is 0 Å². The highest BCUT2D eigenvalue weighted by atomic mass is 35.5. The van der Waals surface area contributed by atoms with Gasteiger partial charge >= 0.3 is 6.09 Å². The van der Waals surface area contributed by atoms with Crippen molar-refractivity contribution in [3.8, 4) is 17.4 Å². The fourth-order valence-electron chi connectivity index (χ4n) is 2.74. The molecule has 3 aromatic rings. The third-order valence-corrected chi connectivity index (χ3v) is 4.26. The molecule has 2 heterocycles. The van der Waals surface area contributed by atoms with Gasteiger partial charge in [0.2, 0.25) is 5.88 Å². The molecule has 0 fully saturated rings. The molecule has 0 unspecified atom stereocenters. The standard InChI is InChI=1S/C20H16ClN3O4/c21-18-11-19(23-13-22-18)28-15-6-7-16-17(10-15)26-9-8-24(16)20(25)27-12-14-4-2-1-3-5-14/h1-7,10-11,13H,8-9,12H2. The van der Waals surface area contributed by atoms with Gasteiger partial charge in [0.25, 0.3) is 0 Å². The maximum Gasteiger partial charge on any atom is 0.414 e. The van der Waals surface area contributed by atoms with E-state index in [-0.39, 0.29) is 11.8 Å². The van der Waals surface area contributed by atoms with Gasteiger partial charge in [-0.15, -0.1) is 0 Å². The molecular formula is C20H16ClN3O4. The quantitative estimate of drug-likeness (QED) is 0.605. The first-order valence-corrected chi connectivity index (χ1v) is 8.97. The third kappa shape index (κ3) is 4.15. The van der Waals surface area contributed by atoms with Crippen molar-refractivity contribution in [2.24, 2.45) is 0 Å². The topological polar surface area (TPSA) is 73.8 Å². The monoisotopic (exact) mass is 397 g/mol. The van der Waals surface area contributed by atoms with Gasteiger partial charge in [-0.05, 0) is 17.7 Å². The van der Waals surface area contributed by atoms with E-state index in [2.05, 4.69) is 9.97 Å². The van der Waals surface area contributed by atoms with Crippen LogP contribution >= 0.6 is 11.6 Å². The SMILES string of the molecule is O=C(OCc1ccccc1)N1CCOc2cc(Oc3cc(Cl)ncn3)ccc21. The van der Waals surface area contributed by atoms with Gasteiger partial charge in [0, 0.05) is 12.1 Å². The highest BCUT2D eigenvalue weighted by molar-refractivity contribution is 6.29. The van der Waals surface area contributed by atoms with Crippen molar-refractivity contribution in [3.05, 3.63) is 71.6 Å². The molecule has 1 aliphatic heterocycles. The van der Waals surface area contributed by atoms with E-state index in [1.54, 1.807) is 23.1 Å². The van der Waals surface area contributed by atoms with Crippen LogP contribution in [0, 0.1) is 0 Å². The zero-order valence-corrected chi connectivity index (χ0v) is 15.5. The Kier molecular flexibility index (Phi) is 5.25. The van der Waals surface area contributed by atoms with Gasteiger partial charge in [-0.1, -0.05) is 41.9 Å². The highest BCUT2D eigenvalue weighted by Gasteiger charge is 2.25. The van der Waals surface area contributed by atoms with Gasteiger partial charge in [0.05, 0.1) is 12.2 Å². The summed E-state index contributed by atoms with van der Waals surface area (Å²) >= 11 is 5.84. The van der Waals surface area contributed by atoms with E-state index in [1.807, 2.05) is 30.3 Å². The number of nitrogens with zero attached hydrogens (tertiary/aromatic N) is 3. The number of benzene rings is 2. The van der Waals surface area contributed by atoms with Crippen LogP contribution in [0.4, 0.5) is 10.5 Å². The molecule has 1 aliphatic rings. The number of carbonyl (C=O) groups is 1. The number of hydrogen-bond donors (Lipinski definition) is 0. The molecule has 2 aromatic carbocycles. The van der Waals surface area contributed by atoms with Crippen LogP contribution in [0.15, 0.2) is 60.9 Å². The van der Waals surface area contributed by atoms with Gasteiger partial charge in [0.1, 0.15) is 36.2 Å². The minimum atomic E-state index is -0.426. The van der Waals surface area contributed by atoms with Crippen molar-refractivity contribution in [1.82, 2.24) is 9.97 Å². The largest absolute Gasteiger partial charge is 0.489 e. The molecule has 4 rings (SSSR count). The minimum absolute atomic E-state index is 0.210. The molecule has 1 amide bonds. The van der Waals surface area contributed by atoms with Crippen LogP contribution in [0.5, 0.6) is 17.4 Å². The Labute approximate surface area is 166 Å². The fraction of sp³-hybridized carbons (Fsp3) is 0.150. The number of hydrogen-bond acceptors (Lipinski definition) is 6. The maximum atomic E-state index is 12.5. The summed E-state index contributed by atoms with van der Waals surface area (Å²) in [6, 6.07) is 16.2. The van der Waals surface area contributed by atoms with Crippen LogP contribution in [0.3, 0.4) is 0 Å². The Hall–Kier alpha value is -3.32. The van der Waals surface area contributed by atoms with Crippen molar-refractivity contribution in [1.29, 1.82) is 0 Å². The molecule has 1 aromatic heterocycles. The van der Waals surface area contributed by atoms with Gasteiger partial charge in [0.15, 0.2) is 0 Å². The van der Waals surface area contributed by atoms with Crippen LogP contribution in [0.25, 0.3) is 0 Å². The van der Waals surface area contributed by atoms with Crippen LogP contribution < -0.4 is 14.4 Å². The van der Waals surface area contributed by atoms with E-state index in [0.717, 1.165) is 5.56 Å². The van der Waals surface area contributed by atoms with Crippen molar-refractivity contribution in [2.75, 3.05) is 18.1 Å². The lowest BCUT2D eigenvalue weighted by molar-refractivity contribution is 0.144. The zero-order chi connectivity index (χ0) is 19.3. The molecule has 8 heteroatoms. The Morgan fingerprint density at radius 2 is 2.00 bits per heavy atom. The number of fused-ring (bicyclic) bond motifs is 1. The molecular weight excluding hydrogens is 382 g/mol. The van der Waals surface area contributed by atoms with Gasteiger partial charge in [-0.25, -0.2) is 14.8 Å². The van der Waals surface area contributed by atoms with E-state index in [0.29, 0.717) is 36.2 Å². The Morgan fingerprint density at radius 1 is 1.14 bits per heavy atom. The Bertz CT molecular complexity index is 984. The first kappa shape index (κ1) is 18.1. The van der Waals surface area contributed by atoms with E-state index in [1.165, 1.54) is 12.4 Å². The van der Waals surface area contributed by atoms with E-state index < -0.39 is 6.09 Å². The summed E-state index contributed by atoms with van der Waals surface area (Å²) in [6.07, 6.45) is 0.890. The fourth-order valence-corrected chi connectivity index (χ4v) is 2.88. The number of halogens is 1. The lowest BCUT2D eigenvalue weighted by atomic mass is 10.2. The van der Waals surface area contributed by atoms with Crippen LogP contribution in [-0.4, -0.2) is 29.2 Å². The van der Waals surface area contributed by atoms with Crippen LogP contribution in [0.1, 0.15) is 5.56 Å². The lowest BCUT2D eigenvalue weighted by Crippen LogP contribution is -2.38. The van der Waals surface area contributed by atoms with Gasteiger partial charge in [-0.2, -0.15) is 0 Å². The third-order valence-electron chi connectivity index (χ3n) is 4.05. The second kappa shape index (κ2) is 8.14. The number of carbonyl (C=O) groups excluding carboxylic acids is 1. The first-order valence-electron chi connectivity index (χ1n) is 8.59. The molecule has 28 heavy (non-hydrogen) atoms. The smallest absolute Gasteiger partial charge is 0.414 e. The number of ether oxygens (including phenoxy) is 3. The van der Waals surface area contributed by atoms with Gasteiger partial charge < -0.3 is 14.2 Å². The second-order valence-electron chi connectivity index (χ2n) is 5.95. The predicted octanol–water partition coefficient (Wildman–Crippen LogP) is 4.46. The van der Waals surface area contributed by atoms with E-state index in [9.17, 15) is 4.79 Å². The molecule has 0 bridgehead atoms. The second-order valence-corrected chi connectivity index (χ2v) is 6.34. The predicted molar refractivity (Wildman–Crippen MR) is 103 cm³/mol. The van der Waals surface area contributed by atoms with Crippen LogP contribution in [-0.2, 0) is 11.3 Å². The van der Waals surface area contributed by atoms with Gasteiger partial charge in [-0.3, -0.25) is 4.90 Å². The minimum Gasteiger partial charge on any atom is -0.489 e. The molecule has 0 saturated heterocycles. The summed E-state index contributed by atoms with van der Waals surface area (Å²) < 4.78 is 16.8. The summed E-state index contributed by atoms with van der Waals surface area (Å²) in [6.45, 7) is 0.973. The average Bonchev–Trinajstić information content (AvgIpc) is 2.72. The average molecular weight is 398 g/mol. The molecule has 0 N–H and O–H groups in total. The van der Waals surface area contributed by atoms with Crippen molar-refractivity contribution >= 4 is 23.4 Å². The molecule has 0 saturated carbocycles. The first-order chi connectivity index (χ1) is 13.7. The lowest BCUT2D eigenvalue weighted by Gasteiger charge is -2.29. The van der Waals surface area contributed by atoms with E-state index in [4.69, 9.17) is 25.8 Å². The Balaban J connectivity index is 1.47. The summed E-state index contributed by atoms with van der Waals surface area (Å²) in [5.41, 5.74) is 1.55. The molecule has 0 radical (unpaired) electrons. The number of rotatable bonds is 4. The molecule has 0 spiro atoms. The summed E-state index contributed by atoms with van der Waals surface area (Å²) in [4.78, 5) is 21.9. The molecule has 0 atom stereocenters. The van der Waals surface area contributed by atoms with Crippen molar-refractivity contribution in [3.63, 3.8) is 0 Å². The number of aromatic nitrogens is 2. The maximum absolute atomic E-state index is 12.5. The molecule has 0 aliphatic carbocycles. The normalized spacial score (nSPS) is 12.7. The summed E-state index contributed by atoms with van der Waals surface area (Å²) in [7, 11) is 0. The summed E-state index contributed by atoms with van der Waals surface area (Å²) in [5.74, 6) is 1.35.